The monoisotopic (exact) mass is 407 g/mol. The molecule has 1 atom stereocenters. The zero-order chi connectivity index (χ0) is 21.1. The number of carbonyl (C=O) groups is 2. The summed E-state index contributed by atoms with van der Waals surface area (Å²) in [7, 11) is 3.13. The van der Waals surface area contributed by atoms with Crippen LogP contribution in [0.1, 0.15) is 23.2 Å². The van der Waals surface area contributed by atoms with Gasteiger partial charge in [0.05, 0.1) is 31.4 Å². The first kappa shape index (κ1) is 19.8. The predicted octanol–water partition coefficient (Wildman–Crippen LogP) is 3.68. The molecule has 4 rings (SSSR count). The van der Waals surface area contributed by atoms with E-state index in [-0.39, 0.29) is 17.7 Å². The van der Waals surface area contributed by atoms with Gasteiger partial charge < -0.3 is 24.7 Å². The van der Waals surface area contributed by atoms with Gasteiger partial charge in [0.1, 0.15) is 11.5 Å². The number of H-pyrrole nitrogens is 1. The number of ether oxygens (including phenoxy) is 2. The quantitative estimate of drug-likeness (QED) is 0.676. The molecule has 7 heteroatoms. The Labute approximate surface area is 175 Å². The van der Waals surface area contributed by atoms with Gasteiger partial charge in [-0.25, -0.2) is 0 Å². The summed E-state index contributed by atoms with van der Waals surface area (Å²) in [6.45, 7) is 1.04. The lowest BCUT2D eigenvalue weighted by Crippen LogP contribution is -2.43. The number of hydrogen-bond donors (Lipinski definition) is 2. The van der Waals surface area contributed by atoms with Crippen LogP contribution in [0, 0.1) is 5.92 Å². The molecule has 0 aliphatic carbocycles. The highest BCUT2D eigenvalue weighted by atomic mass is 16.5. The van der Waals surface area contributed by atoms with Crippen molar-refractivity contribution in [2.45, 2.75) is 12.8 Å². The minimum Gasteiger partial charge on any atom is -0.497 e. The lowest BCUT2D eigenvalue weighted by atomic mass is 9.96. The SMILES string of the molecule is COc1ccc(NC(=O)[C@@H]2CCCN(C(=O)c3c[nH]c4ccccc34)C2)c(OC)c1. The van der Waals surface area contributed by atoms with Gasteiger partial charge in [0.2, 0.25) is 5.91 Å². The lowest BCUT2D eigenvalue weighted by molar-refractivity contribution is -0.121. The number of likely N-dealkylation sites (tertiary alicyclic amines) is 1. The van der Waals surface area contributed by atoms with Crippen LogP contribution in [0.5, 0.6) is 11.5 Å². The van der Waals surface area contributed by atoms with Crippen molar-refractivity contribution in [2.75, 3.05) is 32.6 Å². The van der Waals surface area contributed by atoms with Crippen molar-refractivity contribution in [3.63, 3.8) is 0 Å². The molecule has 0 spiro atoms. The number of carbonyl (C=O) groups excluding carboxylic acids is 2. The van der Waals surface area contributed by atoms with Gasteiger partial charge in [0, 0.05) is 36.3 Å². The number of methoxy groups -OCH3 is 2. The number of amides is 2. The molecule has 1 aromatic heterocycles. The maximum atomic E-state index is 13.1. The van der Waals surface area contributed by atoms with Crippen molar-refractivity contribution < 1.29 is 19.1 Å². The number of anilines is 1. The van der Waals surface area contributed by atoms with Crippen LogP contribution >= 0.6 is 0 Å². The standard InChI is InChI=1S/C23H25N3O4/c1-29-16-9-10-20(21(12-16)30-2)25-22(27)15-6-5-11-26(14-15)23(28)18-13-24-19-8-4-3-7-17(18)19/h3-4,7-10,12-13,15,24H,5-6,11,14H2,1-2H3,(H,25,27)/t15-/m1/s1. The fourth-order valence-corrected chi connectivity index (χ4v) is 3.93. The van der Waals surface area contributed by atoms with E-state index in [9.17, 15) is 9.59 Å². The Morgan fingerprint density at radius 3 is 2.77 bits per heavy atom. The first-order valence-corrected chi connectivity index (χ1v) is 9.99. The molecule has 0 radical (unpaired) electrons. The van der Waals surface area contributed by atoms with Crippen LogP contribution < -0.4 is 14.8 Å². The number of rotatable bonds is 5. The summed E-state index contributed by atoms with van der Waals surface area (Å²) in [6.07, 6.45) is 3.27. The molecular formula is C23H25N3O4. The largest absolute Gasteiger partial charge is 0.497 e. The Bertz CT molecular complexity index is 1080. The molecule has 3 aromatic rings. The molecule has 156 valence electrons. The van der Waals surface area contributed by atoms with E-state index in [4.69, 9.17) is 9.47 Å². The second-order valence-corrected chi connectivity index (χ2v) is 7.39. The Morgan fingerprint density at radius 1 is 1.13 bits per heavy atom. The Kier molecular flexibility index (Phi) is 5.61. The molecule has 2 N–H and O–H groups in total. The first-order valence-electron chi connectivity index (χ1n) is 9.99. The summed E-state index contributed by atoms with van der Waals surface area (Å²) in [5.41, 5.74) is 2.16. The Hall–Kier alpha value is -3.48. The van der Waals surface area contributed by atoms with E-state index in [0.29, 0.717) is 35.8 Å². The molecule has 7 nitrogen and oxygen atoms in total. The van der Waals surface area contributed by atoms with Gasteiger partial charge >= 0.3 is 0 Å². The van der Waals surface area contributed by atoms with Crippen LogP contribution in [0.15, 0.2) is 48.7 Å². The predicted molar refractivity (Wildman–Crippen MR) is 115 cm³/mol. The fourth-order valence-electron chi connectivity index (χ4n) is 3.93. The molecule has 0 unspecified atom stereocenters. The average molecular weight is 407 g/mol. The Morgan fingerprint density at radius 2 is 1.97 bits per heavy atom. The number of fused-ring (bicyclic) bond motifs is 1. The number of piperidine rings is 1. The molecule has 1 aliphatic rings. The van der Waals surface area contributed by atoms with Gasteiger partial charge in [-0.2, -0.15) is 0 Å². The molecular weight excluding hydrogens is 382 g/mol. The van der Waals surface area contributed by atoms with Crippen LogP contribution in [0.3, 0.4) is 0 Å². The molecule has 0 saturated carbocycles. The highest BCUT2D eigenvalue weighted by molar-refractivity contribution is 6.07. The van der Waals surface area contributed by atoms with Crippen molar-refractivity contribution in [3.8, 4) is 11.5 Å². The van der Waals surface area contributed by atoms with Crippen molar-refractivity contribution in [1.82, 2.24) is 9.88 Å². The van der Waals surface area contributed by atoms with Crippen molar-refractivity contribution in [1.29, 1.82) is 0 Å². The number of nitrogens with one attached hydrogen (secondary N) is 2. The molecule has 0 bridgehead atoms. The van der Waals surface area contributed by atoms with Crippen LogP contribution in [0.2, 0.25) is 0 Å². The number of para-hydroxylation sites is 1. The second kappa shape index (κ2) is 8.49. The zero-order valence-corrected chi connectivity index (χ0v) is 17.1. The molecule has 1 aliphatic heterocycles. The summed E-state index contributed by atoms with van der Waals surface area (Å²) < 4.78 is 10.6. The van der Waals surface area contributed by atoms with Crippen molar-refractivity contribution in [2.24, 2.45) is 5.92 Å². The van der Waals surface area contributed by atoms with E-state index in [0.717, 1.165) is 23.7 Å². The van der Waals surface area contributed by atoms with Gasteiger partial charge in [-0.15, -0.1) is 0 Å². The molecule has 1 fully saturated rings. The van der Waals surface area contributed by atoms with Crippen molar-refractivity contribution in [3.05, 3.63) is 54.2 Å². The first-order chi connectivity index (χ1) is 14.6. The maximum absolute atomic E-state index is 13.1. The maximum Gasteiger partial charge on any atom is 0.256 e. The van der Waals surface area contributed by atoms with Crippen LogP contribution in [-0.4, -0.2) is 49.0 Å². The third-order valence-corrected chi connectivity index (χ3v) is 5.57. The summed E-state index contributed by atoms with van der Waals surface area (Å²) in [5, 5.41) is 3.84. The number of benzene rings is 2. The van der Waals surface area contributed by atoms with Crippen LogP contribution in [0.4, 0.5) is 5.69 Å². The summed E-state index contributed by atoms with van der Waals surface area (Å²) in [4.78, 5) is 30.9. The molecule has 2 aromatic carbocycles. The van der Waals surface area contributed by atoms with E-state index in [1.54, 1.807) is 43.5 Å². The summed E-state index contributed by atoms with van der Waals surface area (Å²) >= 11 is 0. The van der Waals surface area contributed by atoms with E-state index >= 15 is 0 Å². The third-order valence-electron chi connectivity index (χ3n) is 5.57. The van der Waals surface area contributed by atoms with Gasteiger partial charge in [-0.05, 0) is 31.0 Å². The number of aromatic amines is 1. The summed E-state index contributed by atoms with van der Waals surface area (Å²) in [5.74, 6) is 0.741. The minimum atomic E-state index is -0.278. The average Bonchev–Trinajstić information content (AvgIpc) is 3.23. The minimum absolute atomic E-state index is 0.0491. The zero-order valence-electron chi connectivity index (χ0n) is 17.1. The van der Waals surface area contributed by atoms with Crippen LogP contribution in [0.25, 0.3) is 10.9 Å². The molecule has 30 heavy (non-hydrogen) atoms. The van der Waals surface area contributed by atoms with Gasteiger partial charge in [-0.3, -0.25) is 9.59 Å². The van der Waals surface area contributed by atoms with Crippen molar-refractivity contribution >= 4 is 28.4 Å². The number of nitrogens with zero attached hydrogens (tertiary/aromatic N) is 1. The Balaban J connectivity index is 1.47. The molecule has 2 amide bonds. The van der Waals surface area contributed by atoms with Gasteiger partial charge in [0.25, 0.3) is 5.91 Å². The van der Waals surface area contributed by atoms with E-state index in [2.05, 4.69) is 10.3 Å². The topological polar surface area (TPSA) is 83.7 Å². The normalized spacial score (nSPS) is 16.3. The van der Waals surface area contributed by atoms with Gasteiger partial charge in [0.15, 0.2) is 0 Å². The second-order valence-electron chi connectivity index (χ2n) is 7.39. The number of aromatic nitrogens is 1. The number of hydrogen-bond acceptors (Lipinski definition) is 4. The third kappa shape index (κ3) is 3.83. The van der Waals surface area contributed by atoms with E-state index in [1.807, 2.05) is 24.3 Å². The van der Waals surface area contributed by atoms with Crippen LogP contribution in [-0.2, 0) is 4.79 Å². The molecule has 2 heterocycles. The highest BCUT2D eigenvalue weighted by Gasteiger charge is 2.30. The molecule has 1 saturated heterocycles. The lowest BCUT2D eigenvalue weighted by Gasteiger charge is -2.32. The highest BCUT2D eigenvalue weighted by Crippen LogP contribution is 2.30. The smallest absolute Gasteiger partial charge is 0.256 e. The summed E-state index contributed by atoms with van der Waals surface area (Å²) in [6, 6.07) is 13.0. The fraction of sp³-hybridized carbons (Fsp3) is 0.304. The van der Waals surface area contributed by atoms with Gasteiger partial charge in [-0.1, -0.05) is 18.2 Å². The van der Waals surface area contributed by atoms with E-state index < -0.39 is 0 Å². The van der Waals surface area contributed by atoms with E-state index in [1.165, 1.54) is 0 Å².